The first-order valence-electron chi connectivity index (χ1n) is 17.0. The van der Waals surface area contributed by atoms with Crippen molar-refractivity contribution in [3.05, 3.63) is 0 Å². The highest BCUT2D eigenvalue weighted by Gasteiger charge is 2.25. The predicted molar refractivity (Wildman–Crippen MR) is 184 cm³/mol. The second kappa shape index (κ2) is 28.0. The minimum absolute atomic E-state index is 0.202. The van der Waals surface area contributed by atoms with Gasteiger partial charge in [-0.2, -0.15) is 0 Å². The van der Waals surface area contributed by atoms with E-state index in [2.05, 4.69) is 31.9 Å². The zero-order valence-electron chi connectivity index (χ0n) is 28.6. The molecule has 19 nitrogen and oxygen atoms in total. The van der Waals surface area contributed by atoms with E-state index < -0.39 is 85.2 Å². The van der Waals surface area contributed by atoms with E-state index in [0.717, 1.165) is 6.42 Å². The zero-order valence-corrected chi connectivity index (χ0v) is 28.6. The predicted octanol–water partition coefficient (Wildman–Crippen LogP) is -4.88. The average molecular weight is 701 g/mol. The molecular formula is C30H60N12O7. The van der Waals surface area contributed by atoms with Crippen LogP contribution in [0.4, 0.5) is 0 Å². The van der Waals surface area contributed by atoms with Crippen LogP contribution in [0.15, 0.2) is 0 Å². The average Bonchev–Trinajstić information content (AvgIpc) is 3.07. The second-order valence-corrected chi connectivity index (χ2v) is 11.7. The van der Waals surface area contributed by atoms with Crippen molar-refractivity contribution in [2.75, 3.05) is 45.8 Å². The molecule has 0 heterocycles. The van der Waals surface area contributed by atoms with Crippen molar-refractivity contribution < 1.29 is 33.6 Å². The number of nitrogens with two attached hydrogens (primary N) is 6. The van der Waals surface area contributed by atoms with Gasteiger partial charge in [-0.3, -0.25) is 33.6 Å². The van der Waals surface area contributed by atoms with Crippen molar-refractivity contribution in [1.29, 1.82) is 0 Å². The molecule has 0 rings (SSSR count). The van der Waals surface area contributed by atoms with E-state index in [9.17, 15) is 33.6 Å². The third-order valence-electron chi connectivity index (χ3n) is 7.40. The van der Waals surface area contributed by atoms with E-state index in [1.807, 2.05) is 0 Å². The fourth-order valence-corrected chi connectivity index (χ4v) is 4.56. The van der Waals surface area contributed by atoms with Crippen LogP contribution in [0.2, 0.25) is 0 Å². The SMILES string of the molecule is NCCCC[C@H](NC(=O)CNC(=O)[C@H](CCCCN)NC(=O)CNC(=O)[C@H](CCCCN)NC(=O)CNC(=O)[C@@H](N)CCCCN)C(N)=O. The van der Waals surface area contributed by atoms with Crippen molar-refractivity contribution in [3.63, 3.8) is 0 Å². The van der Waals surface area contributed by atoms with Crippen molar-refractivity contribution >= 4 is 41.4 Å². The largest absolute Gasteiger partial charge is 0.368 e. The van der Waals surface area contributed by atoms with Crippen LogP contribution < -0.4 is 66.3 Å². The quantitative estimate of drug-likeness (QED) is 0.0327. The molecule has 49 heavy (non-hydrogen) atoms. The van der Waals surface area contributed by atoms with E-state index in [0.29, 0.717) is 84.0 Å². The highest BCUT2D eigenvalue weighted by atomic mass is 16.2. The van der Waals surface area contributed by atoms with Gasteiger partial charge >= 0.3 is 0 Å². The van der Waals surface area contributed by atoms with E-state index in [1.165, 1.54) is 0 Å². The van der Waals surface area contributed by atoms with Crippen molar-refractivity contribution in [2.24, 2.45) is 34.4 Å². The number of unbranched alkanes of at least 4 members (excludes halogenated alkanes) is 4. The van der Waals surface area contributed by atoms with Gasteiger partial charge in [0.1, 0.15) is 18.1 Å². The molecule has 7 amide bonds. The Balaban J connectivity index is 5.14. The van der Waals surface area contributed by atoms with Crippen LogP contribution in [0, 0.1) is 0 Å². The zero-order chi connectivity index (χ0) is 37.0. The van der Waals surface area contributed by atoms with Gasteiger partial charge in [0, 0.05) is 0 Å². The summed E-state index contributed by atoms with van der Waals surface area (Å²) in [6, 6.07) is -3.79. The Hall–Kier alpha value is -3.91. The summed E-state index contributed by atoms with van der Waals surface area (Å²) in [5.74, 6) is -4.49. The van der Waals surface area contributed by atoms with Crippen LogP contribution in [0.3, 0.4) is 0 Å². The molecule has 0 aromatic rings. The molecule has 0 aromatic heterocycles. The summed E-state index contributed by atoms with van der Waals surface area (Å²) in [6.45, 7) is 0.260. The summed E-state index contributed by atoms with van der Waals surface area (Å²) in [7, 11) is 0. The molecule has 0 fully saturated rings. The lowest BCUT2D eigenvalue weighted by atomic mass is 10.1. The van der Waals surface area contributed by atoms with Gasteiger partial charge in [-0.15, -0.1) is 0 Å². The highest BCUT2D eigenvalue weighted by molar-refractivity contribution is 5.94. The number of amides is 7. The van der Waals surface area contributed by atoms with E-state index in [1.54, 1.807) is 0 Å². The summed E-state index contributed by atoms with van der Waals surface area (Å²) < 4.78 is 0. The summed E-state index contributed by atoms with van der Waals surface area (Å²) in [5.41, 5.74) is 33.2. The Morgan fingerprint density at radius 3 is 1.08 bits per heavy atom. The number of hydrogen-bond acceptors (Lipinski definition) is 12. The monoisotopic (exact) mass is 700 g/mol. The molecule has 0 aromatic carbocycles. The van der Waals surface area contributed by atoms with Gasteiger partial charge in [0.2, 0.25) is 41.4 Å². The maximum Gasteiger partial charge on any atom is 0.243 e. The Morgan fingerprint density at radius 1 is 0.429 bits per heavy atom. The molecule has 0 aliphatic carbocycles. The van der Waals surface area contributed by atoms with Crippen LogP contribution in [-0.2, 0) is 33.6 Å². The number of nitrogens with one attached hydrogen (secondary N) is 6. The Labute approximate surface area is 288 Å². The van der Waals surface area contributed by atoms with E-state index in [4.69, 9.17) is 34.4 Å². The normalized spacial score (nSPS) is 13.2. The lowest BCUT2D eigenvalue weighted by molar-refractivity contribution is -0.132. The molecular weight excluding hydrogens is 640 g/mol. The summed E-state index contributed by atoms with van der Waals surface area (Å²) in [6.07, 6.45) is 5.90. The van der Waals surface area contributed by atoms with Crippen molar-refractivity contribution in [2.45, 2.75) is 101 Å². The lowest BCUT2D eigenvalue weighted by Gasteiger charge is -2.21. The molecule has 0 saturated heterocycles. The van der Waals surface area contributed by atoms with Crippen LogP contribution in [0.5, 0.6) is 0 Å². The minimum atomic E-state index is -1.05. The molecule has 0 unspecified atom stereocenters. The van der Waals surface area contributed by atoms with Crippen molar-refractivity contribution in [3.8, 4) is 0 Å². The molecule has 282 valence electrons. The van der Waals surface area contributed by atoms with Crippen LogP contribution >= 0.6 is 0 Å². The number of carbonyl (C=O) groups excluding carboxylic acids is 7. The second-order valence-electron chi connectivity index (χ2n) is 11.7. The van der Waals surface area contributed by atoms with Gasteiger partial charge in [0.25, 0.3) is 0 Å². The van der Waals surface area contributed by atoms with E-state index >= 15 is 0 Å². The fraction of sp³-hybridized carbons (Fsp3) is 0.767. The summed E-state index contributed by atoms with van der Waals surface area (Å²) in [5, 5.41) is 14.9. The van der Waals surface area contributed by atoms with Gasteiger partial charge < -0.3 is 66.3 Å². The fourth-order valence-electron chi connectivity index (χ4n) is 4.56. The maximum atomic E-state index is 13.0. The maximum absolute atomic E-state index is 13.0. The molecule has 0 radical (unpaired) electrons. The van der Waals surface area contributed by atoms with E-state index in [-0.39, 0.29) is 12.8 Å². The minimum Gasteiger partial charge on any atom is -0.368 e. The van der Waals surface area contributed by atoms with Gasteiger partial charge in [0.15, 0.2) is 0 Å². The molecule has 18 N–H and O–H groups in total. The van der Waals surface area contributed by atoms with Crippen LogP contribution in [-0.4, -0.2) is 111 Å². The molecule has 0 saturated carbocycles. The number of hydrogen-bond donors (Lipinski definition) is 12. The first-order chi connectivity index (χ1) is 23.4. The van der Waals surface area contributed by atoms with Gasteiger partial charge in [-0.05, 0) is 96.8 Å². The standard InChI is InChI=1S/C30H60N12O7/c31-13-5-1-9-20(35)28(47)37-17-25(44)41-22(11-3-7-15-33)30(49)39-19-26(45)42-23(12-4-8-16-34)29(48)38-18-24(43)40-21(27(36)46)10-2-6-14-32/h20-23H,1-19,31-35H2,(H2,36,46)(H,37,47)(H,38,48)(H,39,49)(H,40,43)(H,41,44)(H,42,45)/t20-,21-,22-,23-/m0/s1. The summed E-state index contributed by atoms with van der Waals surface area (Å²) >= 11 is 0. The Morgan fingerprint density at radius 2 is 0.735 bits per heavy atom. The molecule has 0 aliphatic rings. The Kier molecular flexibility index (Phi) is 25.7. The Bertz CT molecular complexity index is 1030. The van der Waals surface area contributed by atoms with Crippen molar-refractivity contribution in [1.82, 2.24) is 31.9 Å². The smallest absolute Gasteiger partial charge is 0.243 e. The third kappa shape index (κ3) is 22.4. The van der Waals surface area contributed by atoms with Gasteiger partial charge in [-0.1, -0.05) is 6.42 Å². The van der Waals surface area contributed by atoms with Crippen LogP contribution in [0.25, 0.3) is 0 Å². The summed E-state index contributed by atoms with van der Waals surface area (Å²) in [4.78, 5) is 87.5. The van der Waals surface area contributed by atoms with Crippen LogP contribution in [0.1, 0.15) is 77.0 Å². The topological polar surface area (TPSA) is 348 Å². The number of carbonyl (C=O) groups is 7. The molecule has 4 atom stereocenters. The third-order valence-corrected chi connectivity index (χ3v) is 7.40. The van der Waals surface area contributed by atoms with Gasteiger partial charge in [0.05, 0.1) is 25.7 Å². The number of rotatable bonds is 29. The first kappa shape index (κ1) is 45.1. The molecule has 0 bridgehead atoms. The molecule has 0 aliphatic heterocycles. The first-order valence-corrected chi connectivity index (χ1v) is 17.0. The number of primary amides is 1. The molecule has 0 spiro atoms. The lowest BCUT2D eigenvalue weighted by Crippen LogP contribution is -2.54. The molecule has 19 heteroatoms. The van der Waals surface area contributed by atoms with Gasteiger partial charge in [-0.25, -0.2) is 0 Å². The highest BCUT2D eigenvalue weighted by Crippen LogP contribution is 2.04.